The molecule has 12 heteroatoms. The molecule has 0 amide bonds. The molecule has 0 aliphatic heterocycles. The summed E-state index contributed by atoms with van der Waals surface area (Å²) in [5, 5.41) is 8.70. The van der Waals surface area contributed by atoms with Gasteiger partial charge in [-0.05, 0) is 48.9 Å². The van der Waals surface area contributed by atoms with Crippen LogP contribution in [0.5, 0.6) is 11.5 Å². The molecule has 0 fully saturated rings. The zero-order valence-corrected chi connectivity index (χ0v) is 20.0. The maximum atomic E-state index is 12.9. The molecule has 0 aliphatic rings. The third-order valence-electron chi connectivity index (χ3n) is 4.51. The number of alkyl halides is 3. The van der Waals surface area contributed by atoms with E-state index >= 15 is 0 Å². The summed E-state index contributed by atoms with van der Waals surface area (Å²) in [6, 6.07) is 7.89. The van der Waals surface area contributed by atoms with Crippen LogP contribution in [-0.2, 0) is 25.5 Å². The largest absolute Gasteiger partial charge is 0.491 e. The predicted molar refractivity (Wildman–Crippen MR) is 120 cm³/mol. The first kappa shape index (κ1) is 27.8. The first-order valence-corrected chi connectivity index (χ1v) is 12.3. The lowest BCUT2D eigenvalue weighted by atomic mass is 10.2. The van der Waals surface area contributed by atoms with Crippen LogP contribution in [0, 0.1) is 0 Å². The second kappa shape index (κ2) is 12.3. The number of sulfone groups is 1. The van der Waals surface area contributed by atoms with Gasteiger partial charge in [-0.1, -0.05) is 13.3 Å². The van der Waals surface area contributed by atoms with Crippen molar-refractivity contribution in [1.29, 1.82) is 0 Å². The van der Waals surface area contributed by atoms with Gasteiger partial charge in [0.1, 0.15) is 24.2 Å². The highest BCUT2D eigenvalue weighted by Crippen LogP contribution is 2.30. The summed E-state index contributed by atoms with van der Waals surface area (Å²) in [7, 11) is -3.87. The number of benzene rings is 2. The summed E-state index contributed by atoms with van der Waals surface area (Å²) < 4.78 is 80.2. The molecule has 1 unspecified atom stereocenters. The molecule has 0 spiro atoms. The van der Waals surface area contributed by atoms with E-state index in [1.807, 2.05) is 6.92 Å². The van der Waals surface area contributed by atoms with Crippen molar-refractivity contribution in [2.24, 2.45) is 0 Å². The zero-order valence-electron chi connectivity index (χ0n) is 18.2. The lowest BCUT2D eigenvalue weighted by Crippen LogP contribution is -2.30. The topological polar surface area (TPSA) is 99.1 Å². The maximum Gasteiger partial charge on any atom is 0.416 e. The molecule has 1 atom stereocenters. The third-order valence-corrected chi connectivity index (χ3v) is 6.65. The van der Waals surface area contributed by atoms with E-state index in [9.17, 15) is 26.4 Å². The Labute approximate surface area is 201 Å². The summed E-state index contributed by atoms with van der Waals surface area (Å²) in [5.41, 5.74) is -0.823. The summed E-state index contributed by atoms with van der Waals surface area (Å²) in [5.74, 6) is -1.37. The molecule has 188 valence electrons. The van der Waals surface area contributed by atoms with Crippen LogP contribution in [0.4, 0.5) is 13.2 Å². The Balaban J connectivity index is 2.11. The van der Waals surface area contributed by atoms with Crippen LogP contribution >= 0.6 is 12.6 Å². The van der Waals surface area contributed by atoms with Crippen LogP contribution < -0.4 is 9.47 Å². The number of hydrogen-bond donors (Lipinski definition) is 2. The monoisotopic (exact) mass is 522 g/mol. The van der Waals surface area contributed by atoms with Gasteiger partial charge in [-0.2, -0.15) is 13.2 Å². The van der Waals surface area contributed by atoms with Gasteiger partial charge in [-0.3, -0.25) is 0 Å². The smallest absolute Gasteiger partial charge is 0.416 e. The number of aliphatic carboxylic acids is 1. The standard InChI is InChI=1S/C22H25F3O7S2/c1-2-3-10-30-17(12-31-16-6-4-15(5-7-16)22(23,24)25)14-34(28,29)18-8-9-19(20(33)11-18)32-13-21(26)27/h4-9,11,17,33H,2-3,10,12-14H2,1H3,(H,26,27). The van der Waals surface area contributed by atoms with E-state index in [0.717, 1.165) is 30.7 Å². The fourth-order valence-corrected chi connectivity index (χ4v) is 4.57. The minimum Gasteiger partial charge on any atom is -0.491 e. The van der Waals surface area contributed by atoms with E-state index in [2.05, 4.69) is 12.6 Å². The Bertz CT molecular complexity index is 1060. The van der Waals surface area contributed by atoms with Gasteiger partial charge < -0.3 is 19.3 Å². The highest BCUT2D eigenvalue weighted by atomic mass is 32.2. The van der Waals surface area contributed by atoms with Crippen LogP contribution in [0.2, 0.25) is 0 Å². The number of thiol groups is 1. The summed E-state index contributed by atoms with van der Waals surface area (Å²) in [4.78, 5) is 10.7. The molecule has 1 N–H and O–H groups in total. The van der Waals surface area contributed by atoms with Gasteiger partial charge in [0.25, 0.3) is 0 Å². The fourth-order valence-electron chi connectivity index (χ4n) is 2.76. The van der Waals surface area contributed by atoms with E-state index in [1.54, 1.807) is 0 Å². The molecule has 0 bridgehead atoms. The van der Waals surface area contributed by atoms with Gasteiger partial charge in [0.05, 0.1) is 16.2 Å². The van der Waals surface area contributed by atoms with Crippen molar-refractivity contribution in [2.45, 2.75) is 41.8 Å². The molecule has 34 heavy (non-hydrogen) atoms. The lowest BCUT2D eigenvalue weighted by molar-refractivity contribution is -0.139. The van der Waals surface area contributed by atoms with E-state index < -0.39 is 46.0 Å². The molecular formula is C22H25F3O7S2. The Morgan fingerprint density at radius 2 is 1.79 bits per heavy atom. The highest BCUT2D eigenvalue weighted by Gasteiger charge is 2.30. The second-order valence-corrected chi connectivity index (χ2v) is 9.79. The summed E-state index contributed by atoms with van der Waals surface area (Å²) >= 11 is 4.16. The average molecular weight is 523 g/mol. The third kappa shape index (κ3) is 8.73. The van der Waals surface area contributed by atoms with Crippen molar-refractivity contribution in [2.75, 3.05) is 25.6 Å². The van der Waals surface area contributed by atoms with Crippen LogP contribution in [0.3, 0.4) is 0 Å². The normalized spacial score (nSPS) is 12.9. The van der Waals surface area contributed by atoms with Gasteiger partial charge in [-0.25, -0.2) is 13.2 Å². The molecular weight excluding hydrogens is 497 g/mol. The molecule has 2 aromatic carbocycles. The van der Waals surface area contributed by atoms with Gasteiger partial charge in [-0.15, -0.1) is 12.6 Å². The van der Waals surface area contributed by atoms with Crippen LogP contribution in [0.25, 0.3) is 0 Å². The Kier molecular flexibility index (Phi) is 10.1. The molecule has 0 aliphatic carbocycles. The Morgan fingerprint density at radius 1 is 1.12 bits per heavy atom. The number of unbranched alkanes of at least 4 members (excludes halogenated alkanes) is 1. The Morgan fingerprint density at radius 3 is 2.35 bits per heavy atom. The SMILES string of the molecule is CCCCOC(COc1ccc(C(F)(F)F)cc1)CS(=O)(=O)c1ccc(OCC(=O)O)c(S)c1. The number of ether oxygens (including phenoxy) is 3. The number of halogens is 3. The van der Waals surface area contributed by atoms with Gasteiger partial charge in [0.15, 0.2) is 16.4 Å². The highest BCUT2D eigenvalue weighted by molar-refractivity contribution is 7.91. The van der Waals surface area contributed by atoms with Crippen LogP contribution in [-0.4, -0.2) is 51.2 Å². The van der Waals surface area contributed by atoms with Crippen molar-refractivity contribution >= 4 is 28.4 Å². The quantitative estimate of drug-likeness (QED) is 0.295. The van der Waals surface area contributed by atoms with Crippen molar-refractivity contribution in [3.05, 3.63) is 48.0 Å². The van der Waals surface area contributed by atoms with Crippen molar-refractivity contribution in [3.63, 3.8) is 0 Å². The minimum atomic E-state index is -4.47. The molecule has 0 heterocycles. The lowest BCUT2D eigenvalue weighted by Gasteiger charge is -2.19. The van der Waals surface area contributed by atoms with Crippen molar-refractivity contribution in [3.8, 4) is 11.5 Å². The molecule has 0 aromatic heterocycles. The molecule has 0 saturated heterocycles. The van der Waals surface area contributed by atoms with Gasteiger partial charge in [0.2, 0.25) is 0 Å². The number of carboxylic acids is 1. The van der Waals surface area contributed by atoms with Gasteiger partial charge >= 0.3 is 12.1 Å². The molecule has 7 nitrogen and oxygen atoms in total. The first-order valence-electron chi connectivity index (χ1n) is 10.2. The number of carbonyl (C=O) groups is 1. The van der Waals surface area contributed by atoms with Crippen LogP contribution in [0.1, 0.15) is 25.3 Å². The second-order valence-electron chi connectivity index (χ2n) is 7.27. The maximum absolute atomic E-state index is 12.9. The number of hydrogen-bond acceptors (Lipinski definition) is 7. The predicted octanol–water partition coefficient (Wildman–Crippen LogP) is 4.50. The van der Waals surface area contributed by atoms with Crippen molar-refractivity contribution in [1.82, 2.24) is 0 Å². The molecule has 0 radical (unpaired) electrons. The van der Waals surface area contributed by atoms with Crippen molar-refractivity contribution < 1.29 is 45.7 Å². The first-order chi connectivity index (χ1) is 15.9. The molecule has 2 rings (SSSR count). The number of rotatable bonds is 13. The van der Waals surface area contributed by atoms with E-state index in [4.69, 9.17) is 19.3 Å². The van der Waals surface area contributed by atoms with E-state index in [0.29, 0.717) is 6.42 Å². The minimum absolute atomic E-state index is 0.0706. The van der Waals surface area contributed by atoms with E-state index in [1.165, 1.54) is 18.2 Å². The molecule has 2 aromatic rings. The average Bonchev–Trinajstić information content (AvgIpc) is 2.76. The van der Waals surface area contributed by atoms with E-state index in [-0.39, 0.29) is 34.5 Å². The summed E-state index contributed by atoms with van der Waals surface area (Å²) in [6.45, 7) is 1.43. The summed E-state index contributed by atoms with van der Waals surface area (Å²) in [6.07, 6.45) is -3.85. The molecule has 0 saturated carbocycles. The fraction of sp³-hybridized carbons (Fsp3) is 0.409. The zero-order chi connectivity index (χ0) is 25.4. The van der Waals surface area contributed by atoms with Crippen LogP contribution in [0.15, 0.2) is 52.3 Å². The number of carboxylic acid groups (broad SMARTS) is 1. The Hall–Kier alpha value is -2.44. The van der Waals surface area contributed by atoms with Gasteiger partial charge in [0, 0.05) is 11.5 Å².